The molecular weight excluding hydrogens is 356 g/mol. The Hall–Kier alpha value is -2.27. The van der Waals surface area contributed by atoms with Gasteiger partial charge in [0.1, 0.15) is 6.04 Å². The first-order valence-corrected chi connectivity index (χ1v) is 10.7. The number of nitrogens with zero attached hydrogens (tertiary/aromatic N) is 1. The molecule has 4 rings (SSSR count). The van der Waals surface area contributed by atoms with E-state index in [4.69, 9.17) is 0 Å². The van der Waals surface area contributed by atoms with Crippen LogP contribution in [0.1, 0.15) is 35.6 Å². The normalized spacial score (nSPS) is 18.7. The Kier molecular flexibility index (Phi) is 5.21. The van der Waals surface area contributed by atoms with Crippen LogP contribution in [0.3, 0.4) is 0 Å². The van der Waals surface area contributed by atoms with Crippen LogP contribution in [-0.2, 0) is 22.6 Å². The van der Waals surface area contributed by atoms with Crippen LogP contribution in [-0.4, -0.2) is 29.5 Å². The van der Waals surface area contributed by atoms with Gasteiger partial charge in [0, 0.05) is 23.9 Å². The van der Waals surface area contributed by atoms with Crippen LogP contribution in [0.2, 0.25) is 0 Å². The second-order valence-corrected chi connectivity index (χ2v) is 8.10. The van der Waals surface area contributed by atoms with E-state index >= 15 is 0 Å². The van der Waals surface area contributed by atoms with Crippen molar-refractivity contribution in [2.24, 2.45) is 5.92 Å². The van der Waals surface area contributed by atoms with Gasteiger partial charge in [-0.15, -0.1) is 11.8 Å². The van der Waals surface area contributed by atoms with Gasteiger partial charge in [0.15, 0.2) is 0 Å². The average Bonchev–Trinajstić information content (AvgIpc) is 3.56. The summed E-state index contributed by atoms with van der Waals surface area (Å²) < 4.78 is 0. The highest BCUT2D eigenvalue weighted by molar-refractivity contribution is 7.98. The molecule has 1 fully saturated rings. The molecule has 1 saturated carbocycles. The number of hydrogen-bond acceptors (Lipinski definition) is 3. The number of nitrogens with one attached hydrogen (secondary N) is 1. The Labute approximate surface area is 164 Å². The van der Waals surface area contributed by atoms with Crippen molar-refractivity contribution in [2.75, 3.05) is 12.8 Å². The van der Waals surface area contributed by atoms with Gasteiger partial charge in [-0.3, -0.25) is 9.59 Å². The zero-order chi connectivity index (χ0) is 18.8. The summed E-state index contributed by atoms with van der Waals surface area (Å²) in [7, 11) is 0. The van der Waals surface area contributed by atoms with Crippen LogP contribution in [0.25, 0.3) is 0 Å². The van der Waals surface area contributed by atoms with Crippen molar-refractivity contribution in [3.8, 4) is 0 Å². The number of rotatable bonds is 5. The van der Waals surface area contributed by atoms with Gasteiger partial charge in [-0.1, -0.05) is 36.4 Å². The van der Waals surface area contributed by atoms with Gasteiger partial charge in [-0.25, -0.2) is 0 Å². The van der Waals surface area contributed by atoms with Crippen molar-refractivity contribution >= 4 is 23.6 Å². The fourth-order valence-corrected chi connectivity index (χ4v) is 4.09. The molecule has 2 aromatic carbocycles. The summed E-state index contributed by atoms with van der Waals surface area (Å²) in [5.41, 5.74) is 3.19. The molecule has 0 aromatic heterocycles. The topological polar surface area (TPSA) is 49.4 Å². The molecule has 1 aliphatic carbocycles. The highest BCUT2D eigenvalue weighted by Gasteiger charge is 2.41. The van der Waals surface area contributed by atoms with E-state index < -0.39 is 6.04 Å². The molecule has 1 N–H and O–H groups in total. The maximum absolute atomic E-state index is 13.1. The zero-order valence-electron chi connectivity index (χ0n) is 15.5. The molecule has 1 aliphatic heterocycles. The first-order valence-electron chi connectivity index (χ1n) is 9.46. The van der Waals surface area contributed by atoms with Crippen molar-refractivity contribution in [3.63, 3.8) is 0 Å². The number of amides is 2. The minimum atomic E-state index is -0.520. The van der Waals surface area contributed by atoms with E-state index in [-0.39, 0.29) is 17.7 Å². The van der Waals surface area contributed by atoms with E-state index in [1.807, 2.05) is 36.6 Å². The molecule has 0 radical (unpaired) electrons. The second-order valence-electron chi connectivity index (χ2n) is 7.22. The minimum absolute atomic E-state index is 0.0925. The first-order chi connectivity index (χ1) is 13.2. The maximum Gasteiger partial charge on any atom is 0.247 e. The quantitative estimate of drug-likeness (QED) is 0.807. The molecular formula is C22H24N2O2S. The van der Waals surface area contributed by atoms with E-state index in [2.05, 4.69) is 23.5 Å². The molecule has 2 aliphatic rings. The SMILES string of the molecule is CSc1ccc(CNC(=O)[C@@H]2c3ccccc3CCN2C(=O)C2CC2)cc1. The summed E-state index contributed by atoms with van der Waals surface area (Å²) in [5, 5.41) is 3.05. The van der Waals surface area contributed by atoms with Crippen molar-refractivity contribution in [1.82, 2.24) is 10.2 Å². The second kappa shape index (κ2) is 7.77. The molecule has 5 heteroatoms. The summed E-state index contributed by atoms with van der Waals surface area (Å²) in [6.07, 6.45) is 4.76. The van der Waals surface area contributed by atoms with Crippen LogP contribution in [0.5, 0.6) is 0 Å². The lowest BCUT2D eigenvalue weighted by Gasteiger charge is -2.36. The number of carbonyl (C=O) groups is 2. The molecule has 2 aromatic rings. The summed E-state index contributed by atoms with van der Waals surface area (Å²) in [6.45, 7) is 1.09. The standard InChI is InChI=1S/C22H24N2O2S/c1-27-18-10-6-15(7-11-18)14-23-21(25)20-19-5-3-2-4-16(19)12-13-24(20)22(26)17-8-9-17/h2-7,10-11,17,20H,8-9,12-14H2,1H3,(H,23,25)/t20-/m0/s1. The van der Waals surface area contributed by atoms with E-state index in [9.17, 15) is 9.59 Å². The monoisotopic (exact) mass is 380 g/mol. The molecule has 0 unspecified atom stereocenters. The minimum Gasteiger partial charge on any atom is -0.350 e. The van der Waals surface area contributed by atoms with Gasteiger partial charge in [-0.2, -0.15) is 0 Å². The van der Waals surface area contributed by atoms with Crippen molar-refractivity contribution in [3.05, 3.63) is 65.2 Å². The smallest absolute Gasteiger partial charge is 0.247 e. The highest BCUT2D eigenvalue weighted by Crippen LogP contribution is 2.37. The van der Waals surface area contributed by atoms with Gasteiger partial charge >= 0.3 is 0 Å². The summed E-state index contributed by atoms with van der Waals surface area (Å²) in [5.74, 6) is 0.156. The van der Waals surface area contributed by atoms with Crippen molar-refractivity contribution in [1.29, 1.82) is 0 Å². The average molecular weight is 381 g/mol. The number of thioether (sulfide) groups is 1. The summed E-state index contributed by atoms with van der Waals surface area (Å²) in [6, 6.07) is 15.7. The van der Waals surface area contributed by atoms with Crippen LogP contribution in [0.15, 0.2) is 53.4 Å². The Morgan fingerprint density at radius 2 is 1.85 bits per heavy atom. The number of carbonyl (C=O) groups excluding carboxylic acids is 2. The van der Waals surface area contributed by atoms with E-state index in [0.717, 1.165) is 30.4 Å². The number of fused-ring (bicyclic) bond motifs is 1. The highest BCUT2D eigenvalue weighted by atomic mass is 32.2. The molecule has 0 bridgehead atoms. The summed E-state index contributed by atoms with van der Waals surface area (Å²) in [4.78, 5) is 28.9. The van der Waals surface area contributed by atoms with Gasteiger partial charge < -0.3 is 10.2 Å². The lowest BCUT2D eigenvalue weighted by atomic mass is 9.91. The molecule has 1 atom stereocenters. The van der Waals surface area contributed by atoms with Crippen molar-refractivity contribution in [2.45, 2.75) is 36.7 Å². The Morgan fingerprint density at radius 1 is 1.11 bits per heavy atom. The Bertz CT molecular complexity index is 846. The predicted octanol–water partition coefficient (Wildman–Crippen LogP) is 3.56. The number of hydrogen-bond donors (Lipinski definition) is 1. The lowest BCUT2D eigenvalue weighted by Crippen LogP contribution is -2.47. The fraction of sp³-hybridized carbons (Fsp3) is 0.364. The molecule has 4 nitrogen and oxygen atoms in total. The molecule has 1 heterocycles. The third-order valence-electron chi connectivity index (χ3n) is 5.37. The lowest BCUT2D eigenvalue weighted by molar-refractivity contribution is -0.142. The number of benzene rings is 2. The molecule has 2 amide bonds. The van der Waals surface area contributed by atoms with Gasteiger partial charge in [0.25, 0.3) is 0 Å². The fourth-order valence-electron chi connectivity index (χ4n) is 3.68. The zero-order valence-corrected chi connectivity index (χ0v) is 16.3. The van der Waals surface area contributed by atoms with Crippen molar-refractivity contribution < 1.29 is 9.59 Å². The third-order valence-corrected chi connectivity index (χ3v) is 6.11. The van der Waals surface area contributed by atoms with E-state index in [1.54, 1.807) is 16.7 Å². The van der Waals surface area contributed by atoms with Gasteiger partial charge in [-0.05, 0) is 54.3 Å². The molecule has 0 spiro atoms. The maximum atomic E-state index is 13.1. The summed E-state index contributed by atoms with van der Waals surface area (Å²) >= 11 is 1.70. The van der Waals surface area contributed by atoms with Crippen LogP contribution in [0.4, 0.5) is 0 Å². The molecule has 0 saturated heterocycles. The van der Waals surface area contributed by atoms with Crippen LogP contribution in [0, 0.1) is 5.92 Å². The van der Waals surface area contributed by atoms with E-state index in [0.29, 0.717) is 13.1 Å². The van der Waals surface area contributed by atoms with Gasteiger partial charge in [0.05, 0.1) is 0 Å². The van der Waals surface area contributed by atoms with Crippen LogP contribution < -0.4 is 5.32 Å². The largest absolute Gasteiger partial charge is 0.350 e. The van der Waals surface area contributed by atoms with Crippen LogP contribution >= 0.6 is 11.8 Å². The first kappa shape index (κ1) is 18.1. The third kappa shape index (κ3) is 3.88. The van der Waals surface area contributed by atoms with E-state index in [1.165, 1.54) is 10.5 Å². The molecule has 140 valence electrons. The van der Waals surface area contributed by atoms with Gasteiger partial charge in [0.2, 0.25) is 11.8 Å². The Morgan fingerprint density at radius 3 is 2.56 bits per heavy atom. The molecule has 27 heavy (non-hydrogen) atoms. The Balaban J connectivity index is 1.53. The predicted molar refractivity (Wildman–Crippen MR) is 107 cm³/mol.